The highest BCUT2D eigenvalue weighted by molar-refractivity contribution is 6.31. The van der Waals surface area contributed by atoms with E-state index < -0.39 is 5.60 Å². The van der Waals surface area contributed by atoms with Crippen molar-refractivity contribution in [1.82, 2.24) is 10.2 Å². The molecule has 1 aromatic rings. The molecule has 1 unspecified atom stereocenters. The summed E-state index contributed by atoms with van der Waals surface area (Å²) in [5.41, 5.74) is 0.313. The number of hydrogen-bond acceptors (Lipinski definition) is 3. The molecule has 5 heteroatoms. The molecule has 0 aliphatic rings. The van der Waals surface area contributed by atoms with Gasteiger partial charge in [-0.05, 0) is 45.6 Å². The first-order valence-electron chi connectivity index (χ1n) is 6.13. The molecule has 19 heavy (non-hydrogen) atoms. The first-order valence-corrected chi connectivity index (χ1v) is 6.51. The number of rotatable bonds is 5. The van der Waals surface area contributed by atoms with Gasteiger partial charge >= 0.3 is 0 Å². The Morgan fingerprint density at radius 3 is 2.68 bits per heavy atom. The lowest BCUT2D eigenvalue weighted by atomic mass is 10.1. The van der Waals surface area contributed by atoms with Crippen molar-refractivity contribution < 1.29 is 9.90 Å². The number of nitrogens with zero attached hydrogens (tertiary/aromatic N) is 1. The van der Waals surface area contributed by atoms with Gasteiger partial charge in [-0.1, -0.05) is 17.7 Å². The minimum absolute atomic E-state index is 0.190. The van der Waals surface area contributed by atoms with E-state index in [-0.39, 0.29) is 12.5 Å². The number of amides is 1. The van der Waals surface area contributed by atoms with E-state index in [1.807, 2.05) is 19.0 Å². The zero-order valence-corrected chi connectivity index (χ0v) is 12.6. The van der Waals surface area contributed by atoms with E-state index in [1.54, 1.807) is 32.0 Å². The third-order valence-corrected chi connectivity index (χ3v) is 3.21. The third kappa shape index (κ3) is 4.82. The third-order valence-electron chi connectivity index (χ3n) is 2.80. The van der Waals surface area contributed by atoms with Crippen LogP contribution in [0.4, 0.5) is 0 Å². The summed E-state index contributed by atoms with van der Waals surface area (Å²) in [7, 11) is 3.74. The van der Waals surface area contributed by atoms with Crippen LogP contribution in [-0.4, -0.2) is 48.7 Å². The Kier molecular flexibility index (Phi) is 5.35. The summed E-state index contributed by atoms with van der Waals surface area (Å²) in [4.78, 5) is 13.9. The molecule has 0 heterocycles. The van der Waals surface area contributed by atoms with Crippen LogP contribution in [0, 0.1) is 6.92 Å². The Morgan fingerprint density at radius 2 is 2.11 bits per heavy atom. The van der Waals surface area contributed by atoms with Crippen molar-refractivity contribution in [1.29, 1.82) is 0 Å². The average Bonchev–Trinajstić information content (AvgIpc) is 2.28. The van der Waals surface area contributed by atoms with Gasteiger partial charge in [-0.25, -0.2) is 0 Å². The molecule has 1 atom stereocenters. The van der Waals surface area contributed by atoms with Crippen LogP contribution < -0.4 is 5.32 Å². The zero-order valence-electron chi connectivity index (χ0n) is 11.8. The molecule has 1 rings (SSSR count). The van der Waals surface area contributed by atoms with Crippen molar-refractivity contribution >= 4 is 17.5 Å². The Hall–Kier alpha value is -1.10. The predicted octanol–water partition coefficient (Wildman–Crippen LogP) is 1.69. The van der Waals surface area contributed by atoms with Gasteiger partial charge in [0.05, 0.1) is 5.60 Å². The first-order chi connectivity index (χ1) is 8.73. The molecule has 0 fully saturated rings. The van der Waals surface area contributed by atoms with E-state index in [2.05, 4.69) is 5.32 Å². The van der Waals surface area contributed by atoms with Gasteiger partial charge in [0, 0.05) is 23.7 Å². The quantitative estimate of drug-likeness (QED) is 0.865. The lowest BCUT2D eigenvalue weighted by Gasteiger charge is -2.27. The fourth-order valence-electron chi connectivity index (χ4n) is 1.96. The molecule has 0 aliphatic carbocycles. The number of carbonyl (C=O) groups excluding carboxylic acids is 1. The second kappa shape index (κ2) is 6.37. The van der Waals surface area contributed by atoms with Crippen molar-refractivity contribution in [2.24, 2.45) is 0 Å². The number of likely N-dealkylation sites (N-methyl/N-ethyl adjacent to an activating group) is 1. The maximum Gasteiger partial charge on any atom is 0.251 e. The first kappa shape index (κ1) is 16.0. The number of hydrogen-bond donors (Lipinski definition) is 2. The van der Waals surface area contributed by atoms with Gasteiger partial charge in [-0.3, -0.25) is 4.79 Å². The Bertz CT molecular complexity index is 459. The Morgan fingerprint density at radius 1 is 1.47 bits per heavy atom. The van der Waals surface area contributed by atoms with Crippen LogP contribution in [0.5, 0.6) is 0 Å². The molecule has 0 aromatic heterocycles. The van der Waals surface area contributed by atoms with E-state index in [4.69, 9.17) is 11.6 Å². The van der Waals surface area contributed by atoms with Crippen molar-refractivity contribution in [3.8, 4) is 0 Å². The molecule has 0 saturated heterocycles. The van der Waals surface area contributed by atoms with E-state index >= 15 is 0 Å². The highest BCUT2D eigenvalue weighted by Gasteiger charge is 2.22. The maximum absolute atomic E-state index is 12.1. The van der Waals surface area contributed by atoms with Crippen LogP contribution >= 0.6 is 11.6 Å². The van der Waals surface area contributed by atoms with E-state index in [1.165, 1.54) is 0 Å². The van der Waals surface area contributed by atoms with Crippen LogP contribution in [0.2, 0.25) is 5.02 Å². The number of nitrogens with one attached hydrogen (secondary N) is 1. The smallest absolute Gasteiger partial charge is 0.251 e. The summed E-state index contributed by atoms with van der Waals surface area (Å²) >= 11 is 5.98. The topological polar surface area (TPSA) is 52.6 Å². The standard InChI is InChI=1S/C14H21ClN2O2/c1-10-11(6-5-7-12(10)15)13(18)16-8-14(2,19)9-17(3)4/h5-7,19H,8-9H2,1-4H3,(H,16,18). The van der Waals surface area contributed by atoms with Gasteiger partial charge in [-0.2, -0.15) is 0 Å². The number of aliphatic hydroxyl groups is 1. The molecule has 0 aliphatic heterocycles. The van der Waals surface area contributed by atoms with Gasteiger partial charge in [0.15, 0.2) is 0 Å². The zero-order chi connectivity index (χ0) is 14.6. The van der Waals surface area contributed by atoms with Gasteiger partial charge in [0.2, 0.25) is 0 Å². The van der Waals surface area contributed by atoms with E-state index in [0.717, 1.165) is 5.56 Å². The molecule has 106 valence electrons. The number of benzene rings is 1. The summed E-state index contributed by atoms with van der Waals surface area (Å²) in [5, 5.41) is 13.4. The average molecular weight is 285 g/mol. The fourth-order valence-corrected chi connectivity index (χ4v) is 2.13. The second-order valence-electron chi connectivity index (χ2n) is 5.33. The lowest BCUT2D eigenvalue weighted by Crippen LogP contribution is -2.47. The Labute approximate surface area is 119 Å². The monoisotopic (exact) mass is 284 g/mol. The minimum atomic E-state index is -0.967. The summed E-state index contributed by atoms with van der Waals surface area (Å²) < 4.78 is 0. The van der Waals surface area contributed by atoms with Crippen molar-refractivity contribution in [2.45, 2.75) is 19.4 Å². The molecule has 4 nitrogen and oxygen atoms in total. The number of halogens is 1. The van der Waals surface area contributed by atoms with Crippen molar-refractivity contribution in [2.75, 3.05) is 27.2 Å². The van der Waals surface area contributed by atoms with Crippen LogP contribution in [0.3, 0.4) is 0 Å². The fraction of sp³-hybridized carbons (Fsp3) is 0.500. The molecule has 0 saturated carbocycles. The highest BCUT2D eigenvalue weighted by atomic mass is 35.5. The molecule has 0 radical (unpaired) electrons. The lowest BCUT2D eigenvalue weighted by molar-refractivity contribution is 0.0326. The van der Waals surface area contributed by atoms with Gasteiger partial charge in [-0.15, -0.1) is 0 Å². The molecule has 0 spiro atoms. The van der Waals surface area contributed by atoms with Crippen LogP contribution in [0.1, 0.15) is 22.8 Å². The van der Waals surface area contributed by atoms with Gasteiger partial charge in [0.25, 0.3) is 5.91 Å². The van der Waals surface area contributed by atoms with E-state index in [9.17, 15) is 9.90 Å². The summed E-state index contributed by atoms with van der Waals surface area (Å²) in [6.07, 6.45) is 0. The van der Waals surface area contributed by atoms with Gasteiger partial charge < -0.3 is 15.3 Å². The highest BCUT2D eigenvalue weighted by Crippen LogP contribution is 2.18. The largest absolute Gasteiger partial charge is 0.387 e. The summed E-state index contributed by atoms with van der Waals surface area (Å²) in [6, 6.07) is 5.20. The molecular weight excluding hydrogens is 264 g/mol. The van der Waals surface area contributed by atoms with Crippen molar-refractivity contribution in [3.63, 3.8) is 0 Å². The Balaban J connectivity index is 2.68. The van der Waals surface area contributed by atoms with Gasteiger partial charge in [0.1, 0.15) is 0 Å². The maximum atomic E-state index is 12.1. The minimum Gasteiger partial charge on any atom is -0.387 e. The molecule has 1 amide bonds. The normalized spacial score (nSPS) is 14.3. The second-order valence-corrected chi connectivity index (χ2v) is 5.74. The molecular formula is C14H21ClN2O2. The van der Waals surface area contributed by atoms with E-state index in [0.29, 0.717) is 17.1 Å². The summed E-state index contributed by atoms with van der Waals surface area (Å²) in [5.74, 6) is -0.223. The predicted molar refractivity (Wildman–Crippen MR) is 77.7 cm³/mol. The van der Waals surface area contributed by atoms with Crippen LogP contribution in [0.15, 0.2) is 18.2 Å². The van der Waals surface area contributed by atoms with Crippen LogP contribution in [0.25, 0.3) is 0 Å². The van der Waals surface area contributed by atoms with Crippen molar-refractivity contribution in [3.05, 3.63) is 34.3 Å². The molecule has 0 bridgehead atoms. The SMILES string of the molecule is Cc1c(Cl)cccc1C(=O)NCC(C)(O)CN(C)C. The summed E-state index contributed by atoms with van der Waals surface area (Å²) in [6.45, 7) is 4.16. The molecule has 1 aromatic carbocycles. The van der Waals surface area contributed by atoms with Crippen LogP contribution in [-0.2, 0) is 0 Å². The molecule has 2 N–H and O–H groups in total. The number of carbonyl (C=O) groups is 1.